The molecule has 0 bridgehead atoms. The van der Waals surface area contributed by atoms with Gasteiger partial charge in [-0.05, 0) is 19.1 Å². The van der Waals surface area contributed by atoms with Crippen molar-refractivity contribution >= 4 is 16.1 Å². The second kappa shape index (κ2) is 6.32. The fraction of sp³-hybridized carbons (Fsp3) is 0.222. The smallest absolute Gasteiger partial charge is 1.00 e. The van der Waals surface area contributed by atoms with Crippen LogP contribution in [-0.4, -0.2) is 20.0 Å². The number of sulfonamides is 1. The first-order valence-corrected chi connectivity index (χ1v) is 5.98. The average molecular weight is 291 g/mol. The van der Waals surface area contributed by atoms with Crippen LogP contribution in [0, 0.1) is 6.92 Å². The van der Waals surface area contributed by atoms with Crippen LogP contribution in [-0.2, 0) is 10.0 Å². The number of ether oxygens (including phenoxy) is 1. The molecule has 1 amide bonds. The van der Waals surface area contributed by atoms with Gasteiger partial charge in [0.15, 0.2) is 0 Å². The van der Waals surface area contributed by atoms with Gasteiger partial charge in [0, 0.05) is 0 Å². The van der Waals surface area contributed by atoms with Crippen LogP contribution >= 0.6 is 0 Å². The van der Waals surface area contributed by atoms with E-state index in [0.717, 1.165) is 10.3 Å². The fourth-order valence-electron chi connectivity index (χ4n) is 0.902. The van der Waals surface area contributed by atoms with Crippen LogP contribution in [0.3, 0.4) is 0 Å². The van der Waals surface area contributed by atoms with Crippen LogP contribution in [0.25, 0.3) is 0 Å². The summed E-state index contributed by atoms with van der Waals surface area (Å²) < 4.78 is 62.0. The van der Waals surface area contributed by atoms with E-state index in [1.54, 1.807) is 19.1 Å². The Morgan fingerprint density at radius 2 is 1.74 bits per heavy atom. The van der Waals surface area contributed by atoms with Crippen LogP contribution < -0.4 is 28.3 Å². The van der Waals surface area contributed by atoms with Crippen molar-refractivity contribution in [2.45, 2.75) is 12.4 Å². The van der Waals surface area contributed by atoms with Crippen LogP contribution in [0.5, 0.6) is 5.75 Å². The molecule has 0 aliphatic carbocycles. The van der Waals surface area contributed by atoms with E-state index < -0.39 is 21.6 Å². The minimum atomic E-state index is -5.75. The summed E-state index contributed by atoms with van der Waals surface area (Å²) in [5.74, 6) is -0.0736. The van der Waals surface area contributed by atoms with Crippen molar-refractivity contribution in [1.29, 1.82) is 0 Å². The van der Waals surface area contributed by atoms with Gasteiger partial charge in [0.25, 0.3) is 0 Å². The number of nitrogens with one attached hydrogen (secondary N) is 1. The summed E-state index contributed by atoms with van der Waals surface area (Å²) in [6.07, 6.45) is -1.73. The summed E-state index contributed by atoms with van der Waals surface area (Å²) in [6, 6.07) is 5.71. The Labute approximate surface area is 120 Å². The minimum Gasteiger partial charge on any atom is -1.00 e. The second-order valence-corrected chi connectivity index (χ2v) is 4.93. The third kappa shape index (κ3) is 5.14. The molecule has 0 aliphatic rings. The fourth-order valence-corrected chi connectivity index (χ4v) is 1.28. The van der Waals surface area contributed by atoms with Gasteiger partial charge in [-0.25, -0.2) is 9.52 Å². The summed E-state index contributed by atoms with van der Waals surface area (Å²) in [5, 5.41) is 0. The predicted molar refractivity (Wildman–Crippen MR) is 56.4 cm³/mol. The number of carbonyl (C=O) groups excluding carboxylic acids is 1. The number of alkyl halides is 3. The van der Waals surface area contributed by atoms with Crippen molar-refractivity contribution in [2.75, 3.05) is 0 Å². The monoisotopic (exact) mass is 291 g/mol. The minimum absolute atomic E-state index is 0. The Balaban J connectivity index is 0. The summed E-state index contributed by atoms with van der Waals surface area (Å²) >= 11 is 0. The van der Waals surface area contributed by atoms with Gasteiger partial charge in [0.2, 0.25) is 0 Å². The number of amides is 1. The van der Waals surface area contributed by atoms with E-state index in [1.807, 2.05) is 0 Å². The molecule has 0 fully saturated rings. The number of hydrogen-bond donors (Lipinski definition) is 1. The Kier molecular flexibility index (Phi) is 5.93. The van der Waals surface area contributed by atoms with Crippen molar-refractivity contribution in [3.05, 3.63) is 29.8 Å². The molecule has 0 saturated heterocycles. The standard InChI is InChI=1S/C9H8F3NO4S.Li.H/c1-6-2-4-7(5-3-6)17-8(14)13-18(15,16)9(10,11)12;;/h2-5H,1H3,(H,13,14);;/q;+1;-1. The van der Waals surface area contributed by atoms with E-state index in [2.05, 4.69) is 4.74 Å². The quantitative estimate of drug-likeness (QED) is 0.713. The normalized spacial score (nSPS) is 11.4. The van der Waals surface area contributed by atoms with E-state index in [1.165, 1.54) is 12.1 Å². The molecular weight excluding hydrogens is 282 g/mol. The molecule has 1 aromatic carbocycles. The Bertz CT molecular complexity index is 547. The summed E-state index contributed by atoms with van der Waals surface area (Å²) in [4.78, 5) is 10.9. The molecule has 1 aromatic rings. The first-order valence-electron chi connectivity index (χ1n) is 4.49. The molecule has 0 atom stereocenters. The van der Waals surface area contributed by atoms with E-state index in [4.69, 9.17) is 0 Å². The molecule has 1 N–H and O–H groups in total. The van der Waals surface area contributed by atoms with Gasteiger partial charge in [-0.1, -0.05) is 17.7 Å². The zero-order valence-corrected chi connectivity index (χ0v) is 10.8. The number of rotatable bonds is 2. The Morgan fingerprint density at radius 3 is 2.16 bits per heavy atom. The molecule has 0 radical (unpaired) electrons. The maximum absolute atomic E-state index is 11.9. The van der Waals surface area contributed by atoms with Crippen molar-refractivity contribution < 1.29 is 51.4 Å². The summed E-state index contributed by atoms with van der Waals surface area (Å²) in [6.45, 7) is 1.75. The van der Waals surface area contributed by atoms with Gasteiger partial charge in [-0.3, -0.25) is 0 Å². The van der Waals surface area contributed by atoms with Crippen LogP contribution in [0.1, 0.15) is 6.99 Å². The van der Waals surface area contributed by atoms with Crippen molar-refractivity contribution in [2.24, 2.45) is 0 Å². The molecule has 10 heteroatoms. The maximum atomic E-state index is 11.9. The largest absolute Gasteiger partial charge is 1.00 e. The molecule has 5 nitrogen and oxygen atoms in total. The van der Waals surface area contributed by atoms with Crippen LogP contribution in [0.15, 0.2) is 24.3 Å². The van der Waals surface area contributed by atoms with E-state index in [0.29, 0.717) is 0 Å². The molecule has 0 aromatic heterocycles. The van der Waals surface area contributed by atoms with Gasteiger partial charge in [-0.15, -0.1) is 0 Å². The number of carbonyl (C=O) groups is 1. The topological polar surface area (TPSA) is 72.5 Å². The van der Waals surface area contributed by atoms with E-state index in [9.17, 15) is 26.4 Å². The van der Waals surface area contributed by atoms with Gasteiger partial charge >= 0.3 is 40.5 Å². The number of benzene rings is 1. The molecule has 19 heavy (non-hydrogen) atoms. The first-order chi connectivity index (χ1) is 8.12. The zero-order valence-electron chi connectivity index (χ0n) is 11.0. The maximum Gasteiger partial charge on any atom is 1.00 e. The predicted octanol–water partition coefficient (Wildman–Crippen LogP) is -0.950. The van der Waals surface area contributed by atoms with Crippen LogP contribution in [0.4, 0.5) is 18.0 Å². The Hall–Kier alpha value is -1.17. The van der Waals surface area contributed by atoms with Crippen LogP contribution in [0.2, 0.25) is 0 Å². The third-order valence-electron chi connectivity index (χ3n) is 1.75. The average Bonchev–Trinajstić information content (AvgIpc) is 2.19. The van der Waals surface area contributed by atoms with Crippen molar-refractivity contribution in [3.63, 3.8) is 0 Å². The number of hydrogen-bond acceptors (Lipinski definition) is 4. The molecule has 0 spiro atoms. The van der Waals surface area contributed by atoms with Crippen molar-refractivity contribution in [1.82, 2.24) is 4.72 Å². The molecular formula is C9H9F3LiNO4S. The van der Waals surface area contributed by atoms with Crippen molar-refractivity contribution in [3.8, 4) is 5.75 Å². The molecule has 102 valence electrons. The molecule has 0 heterocycles. The summed E-state index contributed by atoms with van der Waals surface area (Å²) in [5.41, 5.74) is -4.73. The molecule has 0 saturated carbocycles. The van der Waals surface area contributed by atoms with Gasteiger partial charge in [0.05, 0.1) is 0 Å². The molecule has 0 unspecified atom stereocenters. The zero-order chi connectivity index (χ0) is 14.0. The number of aryl methyl sites for hydroxylation is 1. The Morgan fingerprint density at radius 1 is 1.26 bits per heavy atom. The first kappa shape index (κ1) is 17.8. The van der Waals surface area contributed by atoms with Gasteiger partial charge in [0.1, 0.15) is 5.75 Å². The molecule has 1 rings (SSSR count). The third-order valence-corrected chi connectivity index (χ3v) is 2.80. The summed E-state index contributed by atoms with van der Waals surface area (Å²) in [7, 11) is -5.75. The SMILES string of the molecule is Cc1ccc(OC(=O)NS(=O)(=O)C(F)(F)F)cc1.[H-].[Li+]. The molecule has 0 aliphatic heterocycles. The van der Waals surface area contributed by atoms with Gasteiger partial charge < -0.3 is 6.16 Å². The second-order valence-electron chi connectivity index (χ2n) is 3.25. The van der Waals surface area contributed by atoms with E-state index in [-0.39, 0.29) is 26.0 Å². The van der Waals surface area contributed by atoms with E-state index >= 15 is 0 Å². The van der Waals surface area contributed by atoms with Gasteiger partial charge in [-0.2, -0.15) is 21.6 Å². The number of halogens is 3.